The van der Waals surface area contributed by atoms with Crippen molar-refractivity contribution in [3.8, 4) is 0 Å². The quantitative estimate of drug-likeness (QED) is 0.644. The van der Waals surface area contributed by atoms with Crippen molar-refractivity contribution in [2.24, 2.45) is 0 Å². The van der Waals surface area contributed by atoms with Crippen molar-refractivity contribution in [1.82, 2.24) is 14.7 Å². The first-order valence-electron chi connectivity index (χ1n) is 4.94. The third kappa shape index (κ3) is 5.29. The normalized spacial score (nSPS) is 11.4. The molecule has 0 aliphatic rings. The van der Waals surface area contributed by atoms with Crippen LogP contribution >= 0.6 is 15.9 Å². The van der Waals surface area contributed by atoms with E-state index in [9.17, 15) is 8.42 Å². The zero-order valence-corrected chi connectivity index (χ0v) is 11.7. The van der Waals surface area contributed by atoms with Gasteiger partial charge in [-0.05, 0) is 15.9 Å². The number of halogens is 1. The molecule has 1 heterocycles. The number of aromatic nitrogens is 2. The molecule has 17 heavy (non-hydrogen) atoms. The molecule has 0 amide bonds. The van der Waals surface area contributed by atoms with Gasteiger partial charge in [-0.15, -0.1) is 0 Å². The molecule has 4 N–H and O–H groups in total. The van der Waals surface area contributed by atoms with Crippen molar-refractivity contribution in [1.29, 1.82) is 0 Å². The maximum absolute atomic E-state index is 11.3. The second-order valence-electron chi connectivity index (χ2n) is 3.18. The summed E-state index contributed by atoms with van der Waals surface area (Å²) in [4.78, 5) is 7.91. The maximum Gasteiger partial charge on any atom is 0.225 e. The molecule has 0 saturated carbocycles. The van der Waals surface area contributed by atoms with Gasteiger partial charge in [0.1, 0.15) is 10.4 Å². The Balaban J connectivity index is 2.51. The average molecular weight is 324 g/mol. The Kier molecular flexibility index (Phi) is 5.09. The van der Waals surface area contributed by atoms with Crippen molar-refractivity contribution < 1.29 is 8.42 Å². The molecule has 7 nitrogen and oxygen atoms in total. The molecule has 0 bridgehead atoms. The van der Waals surface area contributed by atoms with E-state index in [-0.39, 0.29) is 12.3 Å². The van der Waals surface area contributed by atoms with Gasteiger partial charge in [0.2, 0.25) is 16.0 Å². The van der Waals surface area contributed by atoms with Crippen LogP contribution in [-0.2, 0) is 10.0 Å². The van der Waals surface area contributed by atoms with E-state index in [0.29, 0.717) is 22.9 Å². The number of rotatable bonds is 6. The lowest BCUT2D eigenvalue weighted by Crippen LogP contribution is -2.29. The highest BCUT2D eigenvalue weighted by molar-refractivity contribution is 9.10. The standard InChI is InChI=1S/C8H14BrN5O2S/c1-2-12-17(15,16)4-3-11-8-13-6(9)5-7(10)14-8/h5,12H,2-4H2,1H3,(H3,10,11,13,14). The molecule has 0 aliphatic heterocycles. The Bertz CT molecular complexity index is 459. The summed E-state index contributed by atoms with van der Waals surface area (Å²) in [6.07, 6.45) is 0. The molecular weight excluding hydrogens is 310 g/mol. The number of anilines is 2. The highest BCUT2D eigenvalue weighted by Crippen LogP contribution is 2.11. The van der Waals surface area contributed by atoms with E-state index in [1.807, 2.05) is 0 Å². The fourth-order valence-electron chi connectivity index (χ4n) is 1.10. The number of hydrogen-bond acceptors (Lipinski definition) is 6. The molecule has 9 heteroatoms. The summed E-state index contributed by atoms with van der Waals surface area (Å²) in [5.41, 5.74) is 5.51. The highest BCUT2D eigenvalue weighted by atomic mass is 79.9. The number of nitrogens with two attached hydrogens (primary N) is 1. The van der Waals surface area contributed by atoms with Gasteiger partial charge in [0.15, 0.2) is 0 Å². The first-order valence-corrected chi connectivity index (χ1v) is 7.39. The minimum atomic E-state index is -3.23. The van der Waals surface area contributed by atoms with Crippen molar-refractivity contribution in [3.05, 3.63) is 10.7 Å². The van der Waals surface area contributed by atoms with Gasteiger partial charge in [0.05, 0.1) is 5.75 Å². The van der Waals surface area contributed by atoms with E-state index in [2.05, 4.69) is 35.9 Å². The smallest absolute Gasteiger partial charge is 0.225 e. The topological polar surface area (TPSA) is 110 Å². The second kappa shape index (κ2) is 6.12. The Morgan fingerprint density at radius 2 is 2.18 bits per heavy atom. The van der Waals surface area contributed by atoms with Crippen molar-refractivity contribution in [2.45, 2.75) is 6.92 Å². The minimum Gasteiger partial charge on any atom is -0.383 e. The lowest BCUT2D eigenvalue weighted by atomic mass is 10.6. The predicted molar refractivity (Wildman–Crippen MR) is 70.1 cm³/mol. The van der Waals surface area contributed by atoms with Gasteiger partial charge in [-0.1, -0.05) is 6.92 Å². The Morgan fingerprint density at radius 3 is 2.76 bits per heavy atom. The van der Waals surface area contributed by atoms with Crippen molar-refractivity contribution >= 4 is 37.7 Å². The molecule has 0 unspecified atom stereocenters. The summed E-state index contributed by atoms with van der Waals surface area (Å²) in [5, 5.41) is 2.79. The van der Waals surface area contributed by atoms with Crippen LogP contribution in [0.25, 0.3) is 0 Å². The Hall–Kier alpha value is -0.930. The zero-order valence-electron chi connectivity index (χ0n) is 9.27. The first kappa shape index (κ1) is 14.1. The minimum absolute atomic E-state index is 0.0450. The van der Waals surface area contributed by atoms with E-state index >= 15 is 0 Å². The van der Waals surface area contributed by atoms with Crippen LogP contribution in [0.2, 0.25) is 0 Å². The molecule has 1 aromatic rings. The molecule has 0 spiro atoms. The van der Waals surface area contributed by atoms with Gasteiger partial charge in [-0.25, -0.2) is 18.1 Å². The molecule has 0 aliphatic carbocycles. The van der Waals surface area contributed by atoms with Gasteiger partial charge < -0.3 is 11.1 Å². The van der Waals surface area contributed by atoms with E-state index < -0.39 is 10.0 Å². The molecular formula is C8H14BrN5O2S. The zero-order chi connectivity index (χ0) is 12.9. The van der Waals surface area contributed by atoms with Gasteiger partial charge >= 0.3 is 0 Å². The predicted octanol–water partition coefficient (Wildman–Crippen LogP) is 0.172. The molecule has 0 saturated heterocycles. The lowest BCUT2D eigenvalue weighted by Gasteiger charge is -2.06. The van der Waals surface area contributed by atoms with Crippen molar-refractivity contribution in [3.63, 3.8) is 0 Å². The summed E-state index contributed by atoms with van der Waals surface area (Å²) in [5.74, 6) is 0.559. The SMILES string of the molecule is CCNS(=O)(=O)CCNc1nc(N)cc(Br)n1. The Labute approximate surface area is 108 Å². The van der Waals surface area contributed by atoms with Crippen LogP contribution in [-0.4, -0.2) is 37.2 Å². The number of nitrogens with one attached hydrogen (secondary N) is 2. The summed E-state index contributed by atoms with van der Waals surface area (Å²) < 4.78 is 25.6. The Morgan fingerprint density at radius 1 is 1.47 bits per heavy atom. The summed E-state index contributed by atoms with van der Waals surface area (Å²) >= 11 is 3.17. The molecule has 0 atom stereocenters. The first-order chi connectivity index (χ1) is 7.93. The second-order valence-corrected chi connectivity index (χ2v) is 5.92. The maximum atomic E-state index is 11.3. The van der Waals surface area contributed by atoms with Crippen LogP contribution in [0.15, 0.2) is 10.7 Å². The molecule has 1 rings (SSSR count). The summed E-state index contributed by atoms with van der Waals surface area (Å²) in [6, 6.07) is 1.56. The molecule has 96 valence electrons. The number of sulfonamides is 1. The molecule has 0 radical (unpaired) electrons. The van der Waals surface area contributed by atoms with Gasteiger partial charge in [-0.2, -0.15) is 4.98 Å². The van der Waals surface area contributed by atoms with Crippen LogP contribution in [0.3, 0.4) is 0 Å². The van der Waals surface area contributed by atoms with E-state index in [4.69, 9.17) is 5.73 Å². The highest BCUT2D eigenvalue weighted by Gasteiger charge is 2.08. The van der Waals surface area contributed by atoms with Gasteiger partial charge in [-0.3, -0.25) is 0 Å². The molecule has 0 fully saturated rings. The van der Waals surface area contributed by atoms with Crippen molar-refractivity contribution in [2.75, 3.05) is 29.9 Å². The van der Waals surface area contributed by atoms with Crippen LogP contribution in [0.5, 0.6) is 0 Å². The third-order valence-electron chi connectivity index (χ3n) is 1.73. The van der Waals surface area contributed by atoms with Crippen LogP contribution in [0.1, 0.15) is 6.92 Å². The van der Waals surface area contributed by atoms with E-state index in [1.165, 1.54) is 0 Å². The lowest BCUT2D eigenvalue weighted by molar-refractivity contribution is 0.584. The van der Waals surface area contributed by atoms with Crippen LogP contribution in [0.4, 0.5) is 11.8 Å². The fraction of sp³-hybridized carbons (Fsp3) is 0.500. The number of nitrogen functional groups attached to an aromatic ring is 1. The monoisotopic (exact) mass is 323 g/mol. The number of hydrogen-bond donors (Lipinski definition) is 3. The van der Waals surface area contributed by atoms with Crippen LogP contribution < -0.4 is 15.8 Å². The third-order valence-corrected chi connectivity index (χ3v) is 3.61. The van der Waals surface area contributed by atoms with Crippen LogP contribution in [0, 0.1) is 0 Å². The average Bonchev–Trinajstić information content (AvgIpc) is 2.15. The molecule has 0 aromatic carbocycles. The summed E-state index contributed by atoms with van der Waals surface area (Å²) in [7, 11) is -3.23. The fourth-order valence-corrected chi connectivity index (χ4v) is 2.46. The van der Waals surface area contributed by atoms with Gasteiger partial charge in [0.25, 0.3) is 0 Å². The summed E-state index contributed by atoms with van der Waals surface area (Å²) in [6.45, 7) is 2.32. The molecule has 1 aromatic heterocycles. The van der Waals surface area contributed by atoms with E-state index in [0.717, 1.165) is 0 Å². The van der Waals surface area contributed by atoms with E-state index in [1.54, 1.807) is 13.0 Å². The largest absolute Gasteiger partial charge is 0.383 e. The van der Waals surface area contributed by atoms with Gasteiger partial charge in [0, 0.05) is 19.2 Å². The number of nitrogens with zero attached hydrogens (tertiary/aromatic N) is 2.